The van der Waals surface area contributed by atoms with Crippen LogP contribution in [0.15, 0.2) is 30.6 Å². The van der Waals surface area contributed by atoms with Gasteiger partial charge in [-0.25, -0.2) is 23.1 Å². The van der Waals surface area contributed by atoms with Crippen molar-refractivity contribution in [2.75, 3.05) is 38.9 Å². The second-order valence-electron chi connectivity index (χ2n) is 8.05. The Morgan fingerprint density at radius 2 is 2.09 bits per heavy atom. The van der Waals surface area contributed by atoms with Gasteiger partial charge in [0.2, 0.25) is 6.79 Å². The highest BCUT2D eigenvalue weighted by Crippen LogP contribution is 2.44. The minimum Gasteiger partial charge on any atom is -0.497 e. The SMILES string of the molecule is CCN1CC[C@@H](Oc2cc(OC)cc3ncnc(Nc4c(F)ccc5c4OCO5)c23)C(F)(F)C1. The fourth-order valence-electron chi connectivity index (χ4n) is 4.18. The van der Waals surface area contributed by atoms with Gasteiger partial charge in [-0.3, -0.25) is 4.90 Å². The molecule has 2 aliphatic heterocycles. The molecule has 1 saturated heterocycles. The summed E-state index contributed by atoms with van der Waals surface area (Å²) in [6, 6.07) is 5.83. The number of rotatable bonds is 6. The lowest BCUT2D eigenvalue weighted by molar-refractivity contribution is -0.138. The third-order valence-corrected chi connectivity index (χ3v) is 5.97. The summed E-state index contributed by atoms with van der Waals surface area (Å²) >= 11 is 0. The molecule has 0 aliphatic carbocycles. The van der Waals surface area contributed by atoms with Gasteiger partial charge in [-0.2, -0.15) is 0 Å². The maximum atomic E-state index is 14.9. The molecule has 2 aromatic carbocycles. The van der Waals surface area contributed by atoms with Crippen LogP contribution in [0.3, 0.4) is 0 Å². The zero-order valence-corrected chi connectivity index (χ0v) is 18.6. The Kier molecular flexibility index (Phi) is 5.72. The quantitative estimate of drug-likeness (QED) is 0.563. The zero-order chi connectivity index (χ0) is 23.9. The van der Waals surface area contributed by atoms with E-state index in [0.717, 1.165) is 0 Å². The summed E-state index contributed by atoms with van der Waals surface area (Å²) in [5.74, 6) is -2.43. The summed E-state index contributed by atoms with van der Waals surface area (Å²) in [7, 11) is 1.46. The van der Waals surface area contributed by atoms with Crippen LogP contribution in [0.2, 0.25) is 0 Å². The number of hydrogen-bond acceptors (Lipinski definition) is 8. The summed E-state index contributed by atoms with van der Waals surface area (Å²) in [4.78, 5) is 10.2. The Bertz CT molecular complexity index is 1230. The third-order valence-electron chi connectivity index (χ3n) is 5.97. The van der Waals surface area contributed by atoms with E-state index in [0.29, 0.717) is 35.5 Å². The molecule has 3 heterocycles. The molecule has 0 unspecified atom stereocenters. The first-order valence-corrected chi connectivity index (χ1v) is 10.8. The number of halogens is 3. The van der Waals surface area contributed by atoms with E-state index in [1.807, 2.05) is 6.92 Å². The van der Waals surface area contributed by atoms with Crippen molar-refractivity contribution in [2.45, 2.75) is 25.4 Å². The van der Waals surface area contributed by atoms with Gasteiger partial charge in [-0.05, 0) is 18.7 Å². The lowest BCUT2D eigenvalue weighted by Crippen LogP contribution is -2.53. The second kappa shape index (κ2) is 8.71. The van der Waals surface area contributed by atoms with Crippen LogP contribution < -0.4 is 24.3 Å². The molecule has 1 N–H and O–H groups in total. The molecule has 34 heavy (non-hydrogen) atoms. The third kappa shape index (κ3) is 4.00. The number of aromatic nitrogens is 2. The summed E-state index contributed by atoms with van der Waals surface area (Å²) in [6.07, 6.45) is 0.0657. The van der Waals surface area contributed by atoms with E-state index in [9.17, 15) is 13.2 Å². The number of fused-ring (bicyclic) bond motifs is 2. The van der Waals surface area contributed by atoms with Crippen LogP contribution in [0.25, 0.3) is 10.9 Å². The maximum absolute atomic E-state index is 14.9. The summed E-state index contributed by atoms with van der Waals surface area (Å²) in [5.41, 5.74) is 0.393. The second-order valence-corrected chi connectivity index (χ2v) is 8.05. The van der Waals surface area contributed by atoms with Crippen LogP contribution >= 0.6 is 0 Å². The van der Waals surface area contributed by atoms with Crippen LogP contribution in [-0.2, 0) is 0 Å². The van der Waals surface area contributed by atoms with Crippen LogP contribution in [0.1, 0.15) is 13.3 Å². The molecule has 180 valence electrons. The van der Waals surface area contributed by atoms with Crippen LogP contribution in [-0.4, -0.2) is 60.4 Å². The molecule has 0 amide bonds. The van der Waals surface area contributed by atoms with Crippen molar-refractivity contribution in [2.24, 2.45) is 0 Å². The molecule has 1 atom stereocenters. The standard InChI is InChI=1S/C23H23F3N4O4/c1-3-30-7-6-18(23(25,26)10-30)34-17-9-13(31-2)8-15-19(17)22(28-11-27-15)29-20-14(24)4-5-16-21(20)33-12-32-16/h4-5,8-9,11,18H,3,6-7,10,12H2,1-2H3,(H,27,28,29)/t18-/m1/s1. The van der Waals surface area contributed by atoms with Crippen molar-refractivity contribution in [3.05, 3.63) is 36.4 Å². The van der Waals surface area contributed by atoms with Gasteiger partial charge in [0.15, 0.2) is 23.4 Å². The number of likely N-dealkylation sites (tertiary alicyclic amines) is 1. The van der Waals surface area contributed by atoms with E-state index >= 15 is 0 Å². The highest BCUT2D eigenvalue weighted by Gasteiger charge is 2.46. The molecule has 2 aliphatic rings. The Hall–Kier alpha value is -3.47. The first kappa shape index (κ1) is 22.3. The highest BCUT2D eigenvalue weighted by atomic mass is 19.3. The Balaban J connectivity index is 1.57. The number of piperidine rings is 1. The Labute approximate surface area is 193 Å². The molecule has 1 aromatic heterocycles. The number of nitrogens with one attached hydrogen (secondary N) is 1. The molecule has 0 bridgehead atoms. The lowest BCUT2D eigenvalue weighted by atomic mass is 10.0. The minimum atomic E-state index is -3.07. The first-order chi connectivity index (χ1) is 16.4. The van der Waals surface area contributed by atoms with Gasteiger partial charge in [-0.15, -0.1) is 0 Å². The number of ether oxygens (including phenoxy) is 4. The van der Waals surface area contributed by atoms with Crippen molar-refractivity contribution < 1.29 is 32.1 Å². The Morgan fingerprint density at radius 1 is 1.24 bits per heavy atom. The smallest absolute Gasteiger partial charge is 0.296 e. The molecule has 11 heteroatoms. The normalized spacial score (nSPS) is 19.3. The van der Waals surface area contributed by atoms with Gasteiger partial charge in [0.05, 0.1) is 24.6 Å². The highest BCUT2D eigenvalue weighted by molar-refractivity contribution is 5.97. The van der Waals surface area contributed by atoms with Gasteiger partial charge in [-0.1, -0.05) is 6.92 Å². The van der Waals surface area contributed by atoms with Crippen molar-refractivity contribution in [1.29, 1.82) is 0 Å². The van der Waals surface area contributed by atoms with E-state index in [4.69, 9.17) is 18.9 Å². The minimum absolute atomic E-state index is 0.0124. The van der Waals surface area contributed by atoms with Crippen LogP contribution in [0.5, 0.6) is 23.0 Å². The van der Waals surface area contributed by atoms with Crippen LogP contribution in [0, 0.1) is 5.82 Å². The predicted molar refractivity (Wildman–Crippen MR) is 118 cm³/mol. The first-order valence-electron chi connectivity index (χ1n) is 10.8. The van der Waals surface area contributed by atoms with Gasteiger partial charge in [0.25, 0.3) is 5.92 Å². The molecular weight excluding hydrogens is 453 g/mol. The van der Waals surface area contributed by atoms with Gasteiger partial charge in [0.1, 0.15) is 29.3 Å². The number of benzene rings is 2. The zero-order valence-electron chi connectivity index (χ0n) is 18.6. The maximum Gasteiger partial charge on any atom is 0.296 e. The molecule has 3 aromatic rings. The topological polar surface area (TPSA) is 78.0 Å². The number of nitrogens with zero attached hydrogens (tertiary/aromatic N) is 3. The average Bonchev–Trinajstić information content (AvgIpc) is 3.30. The molecule has 0 radical (unpaired) electrons. The molecule has 0 saturated carbocycles. The monoisotopic (exact) mass is 476 g/mol. The van der Waals surface area contributed by atoms with Crippen molar-refractivity contribution >= 4 is 22.4 Å². The predicted octanol–water partition coefficient (Wildman–Crippen LogP) is 4.36. The van der Waals surface area contributed by atoms with E-state index in [-0.39, 0.29) is 36.2 Å². The Morgan fingerprint density at radius 3 is 2.85 bits per heavy atom. The fourth-order valence-corrected chi connectivity index (χ4v) is 4.18. The summed E-state index contributed by atoms with van der Waals surface area (Å²) in [6.45, 7) is 2.42. The fraction of sp³-hybridized carbons (Fsp3) is 0.391. The lowest BCUT2D eigenvalue weighted by Gasteiger charge is -2.37. The molecule has 8 nitrogen and oxygen atoms in total. The largest absolute Gasteiger partial charge is 0.497 e. The summed E-state index contributed by atoms with van der Waals surface area (Å²) in [5, 5.41) is 3.23. The molecule has 5 rings (SSSR count). The van der Waals surface area contributed by atoms with Crippen molar-refractivity contribution in [1.82, 2.24) is 14.9 Å². The van der Waals surface area contributed by atoms with Gasteiger partial charge < -0.3 is 24.3 Å². The van der Waals surface area contributed by atoms with Crippen molar-refractivity contribution in [3.63, 3.8) is 0 Å². The van der Waals surface area contributed by atoms with E-state index in [1.165, 1.54) is 31.6 Å². The summed E-state index contributed by atoms with van der Waals surface area (Å²) < 4.78 is 66.4. The molecule has 0 spiro atoms. The molecule has 1 fully saturated rings. The van der Waals surface area contributed by atoms with Crippen LogP contribution in [0.4, 0.5) is 24.7 Å². The van der Waals surface area contributed by atoms with Gasteiger partial charge in [0, 0.05) is 25.1 Å². The number of alkyl halides is 2. The van der Waals surface area contributed by atoms with E-state index in [2.05, 4.69) is 15.3 Å². The number of hydrogen-bond donors (Lipinski definition) is 1. The molecular formula is C23H23F3N4O4. The van der Waals surface area contributed by atoms with E-state index < -0.39 is 24.4 Å². The van der Waals surface area contributed by atoms with E-state index in [1.54, 1.807) is 11.0 Å². The number of anilines is 2. The van der Waals surface area contributed by atoms with Crippen molar-refractivity contribution in [3.8, 4) is 23.0 Å². The average molecular weight is 476 g/mol. The number of methoxy groups -OCH3 is 1. The van der Waals surface area contributed by atoms with Gasteiger partial charge >= 0.3 is 0 Å².